The number of carbonyl (C=O) groups is 1. The Morgan fingerprint density at radius 3 is 2.27 bits per heavy atom. The summed E-state index contributed by atoms with van der Waals surface area (Å²) < 4.78 is 53.1. The maximum atomic E-state index is 13.9. The lowest BCUT2D eigenvalue weighted by atomic mass is 10.2. The van der Waals surface area contributed by atoms with Crippen LogP contribution >= 0.6 is 0 Å². The number of nitrogens with zero attached hydrogens (tertiary/aromatic N) is 3. The SMILES string of the molecule is CN(CCCC(=O)N1CCN(c2ccccc2F)CC1)S(=O)(=O)c1ccc(F)cc1. The molecule has 0 radical (unpaired) electrons. The Morgan fingerprint density at radius 1 is 1.00 bits per heavy atom. The van der Waals surface area contributed by atoms with Gasteiger partial charge in [0.25, 0.3) is 0 Å². The molecule has 2 aromatic carbocycles. The summed E-state index contributed by atoms with van der Waals surface area (Å²) in [6, 6.07) is 11.2. The second-order valence-corrected chi connectivity index (χ2v) is 9.25. The van der Waals surface area contributed by atoms with Crippen molar-refractivity contribution in [2.75, 3.05) is 44.7 Å². The minimum Gasteiger partial charge on any atom is -0.366 e. The smallest absolute Gasteiger partial charge is 0.242 e. The van der Waals surface area contributed by atoms with Gasteiger partial charge in [-0.3, -0.25) is 4.79 Å². The maximum absolute atomic E-state index is 13.9. The molecule has 162 valence electrons. The average Bonchev–Trinajstić information content (AvgIpc) is 2.74. The number of carbonyl (C=O) groups excluding carboxylic acids is 1. The lowest BCUT2D eigenvalue weighted by Gasteiger charge is -2.36. The number of sulfonamides is 1. The van der Waals surface area contributed by atoms with Crippen LogP contribution in [-0.2, 0) is 14.8 Å². The van der Waals surface area contributed by atoms with E-state index in [2.05, 4.69) is 0 Å². The van der Waals surface area contributed by atoms with Crippen LogP contribution in [0, 0.1) is 11.6 Å². The quantitative estimate of drug-likeness (QED) is 0.668. The number of hydrogen-bond acceptors (Lipinski definition) is 4. The van der Waals surface area contributed by atoms with Crippen molar-refractivity contribution in [2.45, 2.75) is 17.7 Å². The monoisotopic (exact) mass is 437 g/mol. The third-order valence-corrected chi connectivity index (χ3v) is 7.08. The Bertz CT molecular complexity index is 975. The molecule has 1 aliphatic rings. The third kappa shape index (κ3) is 5.14. The lowest BCUT2D eigenvalue weighted by molar-refractivity contribution is -0.131. The number of halogens is 2. The molecule has 0 N–H and O–H groups in total. The highest BCUT2D eigenvalue weighted by atomic mass is 32.2. The van der Waals surface area contributed by atoms with Crippen LogP contribution in [0.1, 0.15) is 12.8 Å². The van der Waals surface area contributed by atoms with E-state index < -0.39 is 15.8 Å². The highest BCUT2D eigenvalue weighted by Crippen LogP contribution is 2.20. The first-order valence-electron chi connectivity index (χ1n) is 9.78. The minimum absolute atomic E-state index is 0.0157. The molecule has 0 bridgehead atoms. The first-order valence-corrected chi connectivity index (χ1v) is 11.2. The Morgan fingerprint density at radius 2 is 1.63 bits per heavy atom. The Hall–Kier alpha value is -2.52. The van der Waals surface area contributed by atoms with E-state index in [0.29, 0.717) is 38.3 Å². The van der Waals surface area contributed by atoms with Gasteiger partial charge < -0.3 is 9.80 Å². The standard InChI is InChI=1S/C21H25F2N3O3S/c1-24(30(28,29)18-10-8-17(22)9-11-18)12-4-7-21(27)26-15-13-25(14-16-26)20-6-3-2-5-19(20)23/h2-3,5-6,8-11H,4,7,12-16H2,1H3. The molecule has 9 heteroatoms. The average molecular weight is 438 g/mol. The first kappa shape index (κ1) is 22.2. The van der Waals surface area contributed by atoms with E-state index in [1.54, 1.807) is 23.1 Å². The second kappa shape index (κ2) is 9.53. The van der Waals surface area contributed by atoms with E-state index in [9.17, 15) is 22.0 Å². The summed E-state index contributed by atoms with van der Waals surface area (Å²) in [6.45, 7) is 2.27. The molecule has 0 spiro atoms. The zero-order valence-electron chi connectivity index (χ0n) is 16.8. The van der Waals surface area contributed by atoms with E-state index in [1.165, 1.54) is 29.6 Å². The summed E-state index contributed by atoms with van der Waals surface area (Å²) in [7, 11) is -2.28. The molecule has 2 aromatic rings. The van der Waals surface area contributed by atoms with Crippen LogP contribution in [0.2, 0.25) is 0 Å². The summed E-state index contributed by atoms with van der Waals surface area (Å²) >= 11 is 0. The number of benzene rings is 2. The molecule has 30 heavy (non-hydrogen) atoms. The van der Waals surface area contributed by atoms with Crippen molar-refractivity contribution < 1.29 is 22.0 Å². The third-order valence-electron chi connectivity index (χ3n) is 5.21. The Labute approximate surface area is 175 Å². The van der Waals surface area contributed by atoms with Gasteiger partial charge in [-0.15, -0.1) is 0 Å². The van der Waals surface area contributed by atoms with Gasteiger partial charge in [-0.05, 0) is 42.8 Å². The predicted molar refractivity (Wildman–Crippen MR) is 111 cm³/mol. The Balaban J connectivity index is 1.46. The molecule has 0 saturated carbocycles. The van der Waals surface area contributed by atoms with Crippen LogP contribution < -0.4 is 4.90 Å². The summed E-state index contributed by atoms with van der Waals surface area (Å²) in [5.41, 5.74) is 0.539. The van der Waals surface area contributed by atoms with E-state index in [0.717, 1.165) is 12.1 Å². The molecule has 0 aromatic heterocycles. The Kier molecular flexibility index (Phi) is 7.04. The van der Waals surface area contributed by atoms with Gasteiger partial charge in [0.15, 0.2) is 0 Å². The highest BCUT2D eigenvalue weighted by Gasteiger charge is 2.24. The molecular formula is C21H25F2N3O3S. The molecule has 0 atom stereocenters. The molecule has 1 amide bonds. The van der Waals surface area contributed by atoms with Crippen molar-refractivity contribution in [3.63, 3.8) is 0 Å². The highest BCUT2D eigenvalue weighted by molar-refractivity contribution is 7.89. The number of hydrogen-bond donors (Lipinski definition) is 0. The van der Waals surface area contributed by atoms with Gasteiger partial charge in [0.05, 0.1) is 10.6 Å². The number of para-hydroxylation sites is 1. The molecule has 1 saturated heterocycles. The lowest BCUT2D eigenvalue weighted by Crippen LogP contribution is -2.49. The fraction of sp³-hybridized carbons (Fsp3) is 0.381. The van der Waals surface area contributed by atoms with E-state index in [-0.39, 0.29) is 29.6 Å². The van der Waals surface area contributed by atoms with Crippen LogP contribution in [0.25, 0.3) is 0 Å². The van der Waals surface area contributed by atoms with Gasteiger partial charge in [0, 0.05) is 46.2 Å². The summed E-state index contributed by atoms with van der Waals surface area (Å²) in [4.78, 5) is 16.1. The number of anilines is 1. The van der Waals surface area contributed by atoms with E-state index >= 15 is 0 Å². The van der Waals surface area contributed by atoms with Crippen molar-refractivity contribution >= 4 is 21.6 Å². The molecule has 1 aliphatic heterocycles. The van der Waals surface area contributed by atoms with Crippen molar-refractivity contribution in [3.8, 4) is 0 Å². The number of piperazine rings is 1. The molecular weight excluding hydrogens is 412 g/mol. The summed E-state index contributed by atoms with van der Waals surface area (Å²) in [5.74, 6) is -0.823. The zero-order chi connectivity index (χ0) is 21.7. The van der Waals surface area contributed by atoms with Crippen molar-refractivity contribution in [1.82, 2.24) is 9.21 Å². The van der Waals surface area contributed by atoms with Crippen LogP contribution in [0.5, 0.6) is 0 Å². The van der Waals surface area contributed by atoms with Gasteiger partial charge in [0.1, 0.15) is 11.6 Å². The van der Waals surface area contributed by atoms with Crippen molar-refractivity contribution in [3.05, 3.63) is 60.2 Å². The fourth-order valence-electron chi connectivity index (χ4n) is 3.42. The predicted octanol–water partition coefficient (Wildman–Crippen LogP) is 2.71. The second-order valence-electron chi connectivity index (χ2n) is 7.20. The van der Waals surface area contributed by atoms with E-state index in [1.807, 2.05) is 4.90 Å². The van der Waals surface area contributed by atoms with Gasteiger partial charge in [-0.25, -0.2) is 21.5 Å². The number of amides is 1. The van der Waals surface area contributed by atoms with Gasteiger partial charge >= 0.3 is 0 Å². The molecule has 3 rings (SSSR count). The molecule has 6 nitrogen and oxygen atoms in total. The van der Waals surface area contributed by atoms with Gasteiger partial charge in [0.2, 0.25) is 15.9 Å². The largest absolute Gasteiger partial charge is 0.366 e. The normalized spacial score (nSPS) is 14.9. The van der Waals surface area contributed by atoms with Crippen LogP contribution in [0.3, 0.4) is 0 Å². The van der Waals surface area contributed by atoms with Crippen LogP contribution in [0.4, 0.5) is 14.5 Å². The first-order chi connectivity index (χ1) is 14.3. The molecule has 0 unspecified atom stereocenters. The van der Waals surface area contributed by atoms with E-state index in [4.69, 9.17) is 0 Å². The maximum Gasteiger partial charge on any atom is 0.242 e. The molecule has 1 fully saturated rings. The molecule has 0 aliphatic carbocycles. The number of rotatable bonds is 7. The van der Waals surface area contributed by atoms with Crippen molar-refractivity contribution in [2.24, 2.45) is 0 Å². The minimum atomic E-state index is -3.72. The topological polar surface area (TPSA) is 60.9 Å². The fourth-order valence-corrected chi connectivity index (χ4v) is 4.63. The van der Waals surface area contributed by atoms with Gasteiger partial charge in [-0.1, -0.05) is 12.1 Å². The zero-order valence-corrected chi connectivity index (χ0v) is 17.6. The summed E-state index contributed by atoms with van der Waals surface area (Å²) in [6.07, 6.45) is 0.603. The van der Waals surface area contributed by atoms with Gasteiger partial charge in [-0.2, -0.15) is 0 Å². The van der Waals surface area contributed by atoms with Crippen LogP contribution in [0.15, 0.2) is 53.4 Å². The van der Waals surface area contributed by atoms with Crippen LogP contribution in [-0.4, -0.2) is 63.3 Å². The van der Waals surface area contributed by atoms with Crippen molar-refractivity contribution in [1.29, 1.82) is 0 Å². The summed E-state index contributed by atoms with van der Waals surface area (Å²) in [5, 5.41) is 0. The molecule has 1 heterocycles.